The monoisotopic (exact) mass is 595 g/mol. The largest absolute Gasteiger partial charge is 0.492 e. The maximum Gasteiger partial charge on any atom is 0.383 e. The minimum absolute atomic E-state index is 0.0155. The van der Waals surface area contributed by atoms with E-state index in [0.29, 0.717) is 22.7 Å². The number of aliphatic hydroxyl groups is 1. The van der Waals surface area contributed by atoms with Crippen LogP contribution in [0.25, 0.3) is 0 Å². The van der Waals surface area contributed by atoms with Crippen molar-refractivity contribution in [3.63, 3.8) is 0 Å². The molecule has 10 N–H and O–H groups in total. The Kier molecular flexibility index (Phi) is 6.30. The molecule has 0 radical (unpaired) electrons. The van der Waals surface area contributed by atoms with Gasteiger partial charge in [-0.3, -0.25) is 30.3 Å². The zero-order valence-electron chi connectivity index (χ0n) is 23.9. The van der Waals surface area contributed by atoms with Crippen molar-refractivity contribution in [2.24, 2.45) is 16.5 Å². The minimum atomic E-state index is -1.87. The van der Waals surface area contributed by atoms with Gasteiger partial charge in [0, 0.05) is 24.8 Å². The molecule has 1 aromatic heterocycles. The van der Waals surface area contributed by atoms with Gasteiger partial charge in [-0.25, -0.2) is 9.98 Å². The molecule has 5 atom stereocenters. The molecule has 16 heteroatoms. The fourth-order valence-electron chi connectivity index (χ4n) is 6.71. The first-order valence-corrected chi connectivity index (χ1v) is 13.9. The van der Waals surface area contributed by atoms with Crippen molar-refractivity contribution in [1.82, 2.24) is 30.8 Å². The highest BCUT2D eigenvalue weighted by atomic mass is 16.5. The van der Waals surface area contributed by atoms with Gasteiger partial charge in [-0.05, 0) is 24.8 Å². The van der Waals surface area contributed by atoms with Crippen molar-refractivity contribution in [1.29, 1.82) is 0 Å². The molecule has 1 fully saturated rings. The van der Waals surface area contributed by atoms with Crippen LogP contribution in [0.1, 0.15) is 53.6 Å². The SMILES string of the molecule is CC1(C)CCOc2c(C(=O)N[C@H]3CN4C(N)=NC(CNC(=O)c5c[nH]c(=O)cn5)C5NC(N)=[N+](O)C54[C@@]3(C)O)cccc21. The van der Waals surface area contributed by atoms with Crippen LogP contribution >= 0.6 is 0 Å². The van der Waals surface area contributed by atoms with Gasteiger partial charge in [0.2, 0.25) is 0 Å². The lowest BCUT2D eigenvalue weighted by molar-refractivity contribution is -0.843. The molecule has 43 heavy (non-hydrogen) atoms. The number of benzene rings is 1. The van der Waals surface area contributed by atoms with E-state index in [0.717, 1.165) is 18.2 Å². The average molecular weight is 596 g/mol. The van der Waals surface area contributed by atoms with Crippen LogP contribution in [0.4, 0.5) is 0 Å². The number of hydroxylamine groups is 1. The number of carbonyl (C=O) groups excluding carboxylic acids is 2. The Morgan fingerprint density at radius 3 is 2.74 bits per heavy atom. The second-order valence-corrected chi connectivity index (χ2v) is 12.1. The average Bonchev–Trinajstić information content (AvgIpc) is 3.37. The second kappa shape index (κ2) is 9.58. The summed E-state index contributed by atoms with van der Waals surface area (Å²) in [5.74, 6) is -0.753. The maximum absolute atomic E-state index is 13.7. The number of nitrogens with zero attached hydrogens (tertiary/aromatic N) is 4. The van der Waals surface area contributed by atoms with E-state index in [9.17, 15) is 24.7 Å². The number of H-pyrrole nitrogens is 1. The number of guanidine groups is 2. The van der Waals surface area contributed by atoms with Gasteiger partial charge in [-0.2, -0.15) is 0 Å². The highest BCUT2D eigenvalue weighted by molar-refractivity contribution is 5.98. The normalized spacial score (nSPS) is 30.3. The number of ether oxygens (including phenoxy) is 1. The summed E-state index contributed by atoms with van der Waals surface area (Å²) < 4.78 is 6.64. The van der Waals surface area contributed by atoms with Crippen LogP contribution in [-0.4, -0.2) is 103 Å². The van der Waals surface area contributed by atoms with Gasteiger partial charge < -0.3 is 36.4 Å². The first-order valence-electron chi connectivity index (χ1n) is 13.9. The van der Waals surface area contributed by atoms with Gasteiger partial charge in [-0.15, -0.1) is 0 Å². The molecule has 4 aliphatic rings. The van der Waals surface area contributed by atoms with Crippen LogP contribution in [0.3, 0.4) is 0 Å². The minimum Gasteiger partial charge on any atom is -0.492 e. The zero-order chi connectivity index (χ0) is 30.9. The summed E-state index contributed by atoms with van der Waals surface area (Å²) in [6, 6.07) is 2.74. The quantitative estimate of drug-likeness (QED) is 0.133. The number of hydrogen-bond donors (Lipinski definition) is 8. The first-order chi connectivity index (χ1) is 20.3. The summed E-state index contributed by atoms with van der Waals surface area (Å²) in [7, 11) is 0. The lowest BCUT2D eigenvalue weighted by Crippen LogP contribution is -2.77. The van der Waals surface area contributed by atoms with E-state index in [4.69, 9.17) is 16.2 Å². The zero-order valence-corrected chi connectivity index (χ0v) is 23.9. The Morgan fingerprint density at radius 2 is 2.02 bits per heavy atom. The standard InChI is InChI=1S/C27H34N10O6/c1-25(2)7-8-43-19-13(5-4-6-14(19)25)21(39)34-17-12-36-23(28)33-15(9-32-22(40)16-10-31-18(38)11-30-16)20-27(36,26(17,3)41)37(42)24(29)35-20/h4-6,10-11,15,17,20,41-42H,7-9,12H2,1-3H3,(H7,28,29,31,32,33,34,35,38,39,40)/p+1/t15?,17-,20?,26-,27?/m0/s1. The molecule has 2 amide bonds. The third-order valence-electron chi connectivity index (χ3n) is 9.09. The van der Waals surface area contributed by atoms with Crippen molar-refractivity contribution in [3.8, 4) is 5.75 Å². The van der Waals surface area contributed by atoms with Gasteiger partial charge >= 0.3 is 5.96 Å². The van der Waals surface area contributed by atoms with E-state index in [2.05, 4.69) is 44.8 Å². The Balaban J connectivity index is 1.29. The Hall–Kier alpha value is -4.86. The number of hydrogen-bond acceptors (Lipinski definition) is 12. The van der Waals surface area contributed by atoms with E-state index in [1.807, 2.05) is 6.07 Å². The number of aliphatic imine (C=N–C) groups is 1. The van der Waals surface area contributed by atoms with Crippen LogP contribution in [0, 0.1) is 0 Å². The number of fused-ring (bicyclic) bond motifs is 1. The van der Waals surface area contributed by atoms with Gasteiger partial charge in [0.25, 0.3) is 23.0 Å². The van der Waals surface area contributed by atoms with Gasteiger partial charge in [0.1, 0.15) is 23.1 Å². The number of nitrogens with two attached hydrogens (primary N) is 2. The molecule has 1 spiro atoms. The van der Waals surface area contributed by atoms with Crippen molar-refractivity contribution in [2.45, 2.75) is 62.0 Å². The summed E-state index contributed by atoms with van der Waals surface area (Å²) in [4.78, 5) is 50.0. The fourth-order valence-corrected chi connectivity index (χ4v) is 6.71. The molecule has 0 aliphatic carbocycles. The highest BCUT2D eigenvalue weighted by Gasteiger charge is 2.77. The van der Waals surface area contributed by atoms with E-state index < -0.39 is 46.8 Å². The van der Waals surface area contributed by atoms with Crippen LogP contribution in [0.2, 0.25) is 0 Å². The first kappa shape index (κ1) is 28.3. The van der Waals surface area contributed by atoms with E-state index in [1.54, 1.807) is 12.1 Å². The fraction of sp³-hybridized carbons (Fsp3) is 0.481. The van der Waals surface area contributed by atoms with Crippen LogP contribution in [-0.2, 0) is 5.41 Å². The van der Waals surface area contributed by atoms with Gasteiger partial charge in [-0.1, -0.05) is 30.7 Å². The topological polar surface area (TPSA) is 236 Å². The number of amides is 2. The molecule has 16 nitrogen and oxygen atoms in total. The van der Waals surface area contributed by atoms with Gasteiger partial charge in [0.05, 0.1) is 24.4 Å². The summed E-state index contributed by atoms with van der Waals surface area (Å²) in [5, 5.41) is 32.1. The van der Waals surface area contributed by atoms with Gasteiger partial charge in [0.15, 0.2) is 12.0 Å². The molecule has 5 heterocycles. The van der Waals surface area contributed by atoms with E-state index in [1.165, 1.54) is 18.0 Å². The predicted octanol–water partition coefficient (Wildman–Crippen LogP) is -2.49. The third-order valence-corrected chi connectivity index (χ3v) is 9.09. The Labute approximate surface area is 245 Å². The Morgan fingerprint density at radius 1 is 1.26 bits per heavy atom. The second-order valence-electron chi connectivity index (χ2n) is 12.1. The molecule has 1 aromatic carbocycles. The smallest absolute Gasteiger partial charge is 0.383 e. The number of nitrogens with one attached hydrogen (secondary N) is 4. The lowest BCUT2D eigenvalue weighted by atomic mass is 9.78. The predicted molar refractivity (Wildman–Crippen MR) is 152 cm³/mol. The molecule has 2 aromatic rings. The van der Waals surface area contributed by atoms with Crippen molar-refractivity contribution >= 4 is 23.7 Å². The molecule has 0 saturated carbocycles. The van der Waals surface area contributed by atoms with E-state index in [-0.39, 0.29) is 36.1 Å². The van der Waals surface area contributed by atoms with Crippen molar-refractivity contribution in [2.75, 3.05) is 19.7 Å². The summed E-state index contributed by atoms with van der Waals surface area (Å²) in [6.07, 6.45) is 2.97. The summed E-state index contributed by atoms with van der Waals surface area (Å²) >= 11 is 0. The Bertz CT molecular complexity index is 1610. The summed E-state index contributed by atoms with van der Waals surface area (Å²) in [6.45, 7) is 6.03. The molecular weight excluding hydrogens is 560 g/mol. The van der Waals surface area contributed by atoms with Crippen LogP contribution in [0.15, 0.2) is 40.4 Å². The van der Waals surface area contributed by atoms with Crippen LogP contribution in [0.5, 0.6) is 5.75 Å². The number of carbonyl (C=O) groups is 2. The van der Waals surface area contributed by atoms with Crippen LogP contribution < -0.4 is 37.7 Å². The van der Waals surface area contributed by atoms with Crippen molar-refractivity contribution < 1.29 is 29.4 Å². The lowest BCUT2D eigenvalue weighted by Gasteiger charge is -2.47. The number of aromatic amines is 1. The number of aromatic nitrogens is 2. The highest BCUT2D eigenvalue weighted by Crippen LogP contribution is 2.47. The molecule has 4 aliphatic heterocycles. The summed E-state index contributed by atoms with van der Waals surface area (Å²) in [5.41, 5.74) is 9.55. The molecule has 0 bridgehead atoms. The molecule has 6 rings (SSSR count). The third kappa shape index (κ3) is 4.07. The van der Waals surface area contributed by atoms with E-state index >= 15 is 0 Å². The molecule has 3 unspecified atom stereocenters. The van der Waals surface area contributed by atoms with Crippen molar-refractivity contribution in [3.05, 3.63) is 57.8 Å². The molecule has 228 valence electrons. The number of para-hydroxylation sites is 1. The molecule has 1 saturated heterocycles. The molecular formula is C27H35N10O6+. The maximum atomic E-state index is 13.7. The number of rotatable bonds is 5.